The van der Waals surface area contributed by atoms with E-state index in [1.807, 2.05) is 19.2 Å². The molecule has 0 spiro atoms. The Kier molecular flexibility index (Phi) is 4.72. The highest BCUT2D eigenvalue weighted by molar-refractivity contribution is 5.16. The quantitative estimate of drug-likeness (QED) is 0.883. The standard InChI is InChI=1S/C15H23FN2/c1-12-11-15(17-2)8-10-18(12)9-7-13-3-5-14(16)6-4-13/h3-6,12,15,17H,7-11H2,1-2H3. The van der Waals surface area contributed by atoms with Crippen molar-refractivity contribution in [3.63, 3.8) is 0 Å². The molecule has 2 rings (SSSR count). The smallest absolute Gasteiger partial charge is 0.123 e. The van der Waals surface area contributed by atoms with E-state index in [1.165, 1.54) is 18.4 Å². The first-order chi connectivity index (χ1) is 8.69. The molecule has 18 heavy (non-hydrogen) atoms. The summed E-state index contributed by atoms with van der Waals surface area (Å²) in [5, 5.41) is 3.37. The summed E-state index contributed by atoms with van der Waals surface area (Å²) in [6.45, 7) is 4.53. The van der Waals surface area contributed by atoms with Crippen LogP contribution in [0.4, 0.5) is 4.39 Å². The van der Waals surface area contributed by atoms with Crippen molar-refractivity contribution in [2.45, 2.75) is 38.3 Å². The number of nitrogens with one attached hydrogen (secondary N) is 1. The molecule has 1 aliphatic heterocycles. The van der Waals surface area contributed by atoms with Crippen LogP contribution >= 0.6 is 0 Å². The first kappa shape index (κ1) is 13.5. The van der Waals surface area contributed by atoms with Crippen molar-refractivity contribution in [3.8, 4) is 0 Å². The first-order valence-corrected chi connectivity index (χ1v) is 6.85. The summed E-state index contributed by atoms with van der Waals surface area (Å²) in [7, 11) is 2.05. The fourth-order valence-corrected chi connectivity index (χ4v) is 2.74. The van der Waals surface area contributed by atoms with E-state index in [1.54, 1.807) is 12.1 Å². The minimum atomic E-state index is -0.151. The van der Waals surface area contributed by atoms with Gasteiger partial charge in [-0.25, -0.2) is 4.39 Å². The van der Waals surface area contributed by atoms with E-state index >= 15 is 0 Å². The Balaban J connectivity index is 1.81. The molecule has 100 valence electrons. The van der Waals surface area contributed by atoms with E-state index < -0.39 is 0 Å². The second-order valence-electron chi connectivity index (χ2n) is 5.27. The molecule has 1 aromatic carbocycles. The molecular weight excluding hydrogens is 227 g/mol. The lowest BCUT2D eigenvalue weighted by molar-refractivity contribution is 0.140. The summed E-state index contributed by atoms with van der Waals surface area (Å²) in [5.41, 5.74) is 1.22. The van der Waals surface area contributed by atoms with Gasteiger partial charge < -0.3 is 10.2 Å². The highest BCUT2D eigenvalue weighted by atomic mass is 19.1. The summed E-state index contributed by atoms with van der Waals surface area (Å²) < 4.78 is 12.8. The molecule has 1 saturated heterocycles. The summed E-state index contributed by atoms with van der Waals surface area (Å²) in [5.74, 6) is -0.151. The van der Waals surface area contributed by atoms with Gasteiger partial charge >= 0.3 is 0 Å². The Morgan fingerprint density at radius 2 is 2.06 bits per heavy atom. The SMILES string of the molecule is CNC1CCN(CCc2ccc(F)cc2)C(C)C1. The van der Waals surface area contributed by atoms with Crippen LogP contribution in [0.5, 0.6) is 0 Å². The van der Waals surface area contributed by atoms with E-state index in [0.717, 1.165) is 19.5 Å². The number of nitrogens with zero attached hydrogens (tertiary/aromatic N) is 1. The minimum absolute atomic E-state index is 0.151. The van der Waals surface area contributed by atoms with Crippen molar-refractivity contribution in [3.05, 3.63) is 35.6 Å². The van der Waals surface area contributed by atoms with Gasteiger partial charge in [0.15, 0.2) is 0 Å². The summed E-state index contributed by atoms with van der Waals surface area (Å²) in [6, 6.07) is 8.18. The molecule has 1 fully saturated rings. The first-order valence-electron chi connectivity index (χ1n) is 6.85. The minimum Gasteiger partial charge on any atom is -0.317 e. The molecule has 1 N–H and O–H groups in total. The van der Waals surface area contributed by atoms with Crippen molar-refractivity contribution in [2.24, 2.45) is 0 Å². The lowest BCUT2D eigenvalue weighted by Crippen LogP contribution is -2.47. The second kappa shape index (κ2) is 6.30. The van der Waals surface area contributed by atoms with Gasteiger partial charge in [0.25, 0.3) is 0 Å². The molecule has 0 aliphatic carbocycles. The maximum atomic E-state index is 12.8. The van der Waals surface area contributed by atoms with E-state index in [4.69, 9.17) is 0 Å². The van der Waals surface area contributed by atoms with Crippen LogP contribution in [-0.2, 0) is 6.42 Å². The van der Waals surface area contributed by atoms with E-state index in [9.17, 15) is 4.39 Å². The third kappa shape index (κ3) is 3.53. The fourth-order valence-electron chi connectivity index (χ4n) is 2.74. The normalized spacial score (nSPS) is 25.3. The van der Waals surface area contributed by atoms with Crippen LogP contribution in [0.25, 0.3) is 0 Å². The Hall–Kier alpha value is -0.930. The fraction of sp³-hybridized carbons (Fsp3) is 0.600. The molecule has 0 bridgehead atoms. The second-order valence-corrected chi connectivity index (χ2v) is 5.27. The molecule has 3 heteroatoms. The third-order valence-electron chi connectivity index (χ3n) is 4.02. The van der Waals surface area contributed by atoms with Gasteiger partial charge in [-0.3, -0.25) is 0 Å². The number of hydrogen-bond donors (Lipinski definition) is 1. The number of rotatable bonds is 4. The number of piperidine rings is 1. The number of halogens is 1. The van der Waals surface area contributed by atoms with Gasteiger partial charge in [0.1, 0.15) is 5.82 Å². The zero-order valence-corrected chi connectivity index (χ0v) is 11.3. The maximum Gasteiger partial charge on any atom is 0.123 e. The van der Waals surface area contributed by atoms with Crippen LogP contribution < -0.4 is 5.32 Å². The zero-order chi connectivity index (χ0) is 13.0. The van der Waals surface area contributed by atoms with Crippen LogP contribution in [0.3, 0.4) is 0 Å². The van der Waals surface area contributed by atoms with Gasteiger partial charge in [-0.05, 0) is 57.5 Å². The molecule has 2 nitrogen and oxygen atoms in total. The lowest BCUT2D eigenvalue weighted by Gasteiger charge is -2.37. The largest absolute Gasteiger partial charge is 0.317 e. The Bertz CT molecular complexity index is 363. The topological polar surface area (TPSA) is 15.3 Å². The Morgan fingerprint density at radius 3 is 2.67 bits per heavy atom. The molecule has 2 atom stereocenters. The van der Waals surface area contributed by atoms with Crippen LogP contribution in [0.15, 0.2) is 24.3 Å². The van der Waals surface area contributed by atoms with Crippen LogP contribution in [0.2, 0.25) is 0 Å². The molecule has 0 amide bonds. The van der Waals surface area contributed by atoms with Crippen LogP contribution in [-0.4, -0.2) is 37.1 Å². The van der Waals surface area contributed by atoms with Gasteiger partial charge in [-0.15, -0.1) is 0 Å². The molecule has 0 radical (unpaired) electrons. The molecule has 1 aromatic rings. The van der Waals surface area contributed by atoms with Gasteiger partial charge in [0.2, 0.25) is 0 Å². The Morgan fingerprint density at radius 1 is 1.33 bits per heavy atom. The van der Waals surface area contributed by atoms with Crippen LogP contribution in [0.1, 0.15) is 25.3 Å². The summed E-state index contributed by atoms with van der Waals surface area (Å²) in [4.78, 5) is 2.54. The van der Waals surface area contributed by atoms with Crippen molar-refractivity contribution in [1.82, 2.24) is 10.2 Å². The molecular formula is C15H23FN2. The molecule has 0 aromatic heterocycles. The van der Waals surface area contributed by atoms with Crippen molar-refractivity contribution in [2.75, 3.05) is 20.1 Å². The van der Waals surface area contributed by atoms with Gasteiger partial charge in [0, 0.05) is 18.6 Å². The predicted octanol–water partition coefficient (Wildman–Crippen LogP) is 2.44. The van der Waals surface area contributed by atoms with E-state index in [-0.39, 0.29) is 5.82 Å². The van der Waals surface area contributed by atoms with Gasteiger partial charge in [-0.1, -0.05) is 12.1 Å². The highest BCUT2D eigenvalue weighted by Gasteiger charge is 2.23. The average molecular weight is 250 g/mol. The molecule has 0 saturated carbocycles. The third-order valence-corrected chi connectivity index (χ3v) is 4.02. The van der Waals surface area contributed by atoms with Crippen molar-refractivity contribution < 1.29 is 4.39 Å². The Labute approximate surface area is 109 Å². The maximum absolute atomic E-state index is 12.8. The zero-order valence-electron chi connectivity index (χ0n) is 11.3. The summed E-state index contributed by atoms with van der Waals surface area (Å²) >= 11 is 0. The molecule has 1 heterocycles. The average Bonchev–Trinajstić information content (AvgIpc) is 2.39. The lowest BCUT2D eigenvalue weighted by atomic mass is 9.98. The number of likely N-dealkylation sites (tertiary alicyclic amines) is 1. The van der Waals surface area contributed by atoms with Crippen molar-refractivity contribution in [1.29, 1.82) is 0 Å². The number of hydrogen-bond acceptors (Lipinski definition) is 2. The van der Waals surface area contributed by atoms with E-state index in [0.29, 0.717) is 12.1 Å². The summed E-state index contributed by atoms with van der Waals surface area (Å²) in [6.07, 6.45) is 3.46. The monoisotopic (exact) mass is 250 g/mol. The van der Waals surface area contributed by atoms with E-state index in [2.05, 4.69) is 17.1 Å². The van der Waals surface area contributed by atoms with Gasteiger partial charge in [0.05, 0.1) is 0 Å². The highest BCUT2D eigenvalue weighted by Crippen LogP contribution is 2.17. The predicted molar refractivity (Wildman–Crippen MR) is 73.2 cm³/mol. The van der Waals surface area contributed by atoms with Crippen LogP contribution in [0, 0.1) is 5.82 Å². The number of benzene rings is 1. The molecule has 1 aliphatic rings. The van der Waals surface area contributed by atoms with Crippen molar-refractivity contribution >= 4 is 0 Å². The molecule has 2 unspecified atom stereocenters. The van der Waals surface area contributed by atoms with Gasteiger partial charge in [-0.2, -0.15) is 0 Å².